The molecule has 184 valence electrons. The standard InChI is InChI=1S/C26H26FNO5S2/c1-34(30,31)23-12-8-20(9-13-23)21-5-2-4-19(18-21)7-16-26(29)25-6-3-17-28(25)35(32,33)24-14-10-22(27)11-15-24/h2,4-5,8-15,18,25H,3,6-7,16-17H2,1H3/t25-/m0/s1. The Morgan fingerprint density at radius 1 is 0.914 bits per heavy atom. The van der Waals surface area contributed by atoms with Gasteiger partial charge in [-0.25, -0.2) is 21.2 Å². The van der Waals surface area contributed by atoms with Gasteiger partial charge in [-0.1, -0.05) is 36.4 Å². The summed E-state index contributed by atoms with van der Waals surface area (Å²) in [6.07, 6.45) is 2.86. The molecule has 0 saturated carbocycles. The maximum absolute atomic E-state index is 13.2. The first-order valence-corrected chi connectivity index (χ1v) is 14.6. The molecule has 3 aromatic rings. The number of ketones is 1. The molecule has 1 aliphatic rings. The van der Waals surface area contributed by atoms with Crippen molar-refractivity contribution in [3.63, 3.8) is 0 Å². The summed E-state index contributed by atoms with van der Waals surface area (Å²) in [5.74, 6) is -0.664. The predicted molar refractivity (Wildman–Crippen MR) is 132 cm³/mol. The van der Waals surface area contributed by atoms with Crippen molar-refractivity contribution in [2.45, 2.75) is 41.5 Å². The maximum Gasteiger partial charge on any atom is 0.243 e. The summed E-state index contributed by atoms with van der Waals surface area (Å²) in [5, 5.41) is 0. The first-order valence-electron chi connectivity index (χ1n) is 11.3. The van der Waals surface area contributed by atoms with Gasteiger partial charge in [0.1, 0.15) is 5.82 Å². The molecule has 35 heavy (non-hydrogen) atoms. The van der Waals surface area contributed by atoms with Gasteiger partial charge in [0.15, 0.2) is 15.6 Å². The number of sulfone groups is 1. The lowest BCUT2D eigenvalue weighted by Crippen LogP contribution is -2.40. The molecule has 0 unspecified atom stereocenters. The fraction of sp³-hybridized carbons (Fsp3) is 0.269. The molecule has 0 N–H and O–H groups in total. The van der Waals surface area contributed by atoms with Gasteiger partial charge in [0, 0.05) is 19.2 Å². The number of carbonyl (C=O) groups excluding carboxylic acids is 1. The first-order chi connectivity index (χ1) is 16.6. The van der Waals surface area contributed by atoms with Crippen molar-refractivity contribution in [2.24, 2.45) is 0 Å². The highest BCUT2D eigenvalue weighted by atomic mass is 32.2. The Bertz CT molecular complexity index is 1430. The normalized spacial score (nSPS) is 16.9. The summed E-state index contributed by atoms with van der Waals surface area (Å²) < 4.78 is 63.9. The van der Waals surface area contributed by atoms with Crippen LogP contribution < -0.4 is 0 Å². The van der Waals surface area contributed by atoms with E-state index < -0.39 is 31.7 Å². The van der Waals surface area contributed by atoms with E-state index in [1.807, 2.05) is 24.3 Å². The van der Waals surface area contributed by atoms with Crippen LogP contribution in [-0.4, -0.2) is 45.8 Å². The van der Waals surface area contributed by atoms with Gasteiger partial charge < -0.3 is 0 Å². The number of carbonyl (C=O) groups is 1. The number of hydrogen-bond acceptors (Lipinski definition) is 5. The van der Waals surface area contributed by atoms with Crippen LogP contribution in [0.15, 0.2) is 82.6 Å². The van der Waals surface area contributed by atoms with Crippen LogP contribution in [0, 0.1) is 5.82 Å². The Labute approximate surface area is 205 Å². The van der Waals surface area contributed by atoms with Gasteiger partial charge in [-0.3, -0.25) is 4.79 Å². The Hall–Kier alpha value is -2.88. The third-order valence-electron chi connectivity index (χ3n) is 6.20. The van der Waals surface area contributed by atoms with E-state index in [1.54, 1.807) is 24.3 Å². The SMILES string of the molecule is CS(=O)(=O)c1ccc(-c2cccc(CCC(=O)[C@@H]3CCCN3S(=O)(=O)c3ccc(F)cc3)c2)cc1. The minimum Gasteiger partial charge on any atom is -0.298 e. The minimum absolute atomic E-state index is 0.0202. The highest BCUT2D eigenvalue weighted by Crippen LogP contribution is 2.28. The summed E-state index contributed by atoms with van der Waals surface area (Å²) in [4.78, 5) is 13.3. The zero-order valence-electron chi connectivity index (χ0n) is 19.2. The molecule has 1 saturated heterocycles. The average molecular weight is 516 g/mol. The van der Waals surface area contributed by atoms with E-state index in [0.29, 0.717) is 19.3 Å². The number of Topliss-reactive ketones (excluding diaryl/α,β-unsaturated/α-hetero) is 1. The zero-order chi connectivity index (χ0) is 25.2. The van der Waals surface area contributed by atoms with Crippen molar-refractivity contribution in [1.82, 2.24) is 4.31 Å². The monoisotopic (exact) mass is 515 g/mol. The molecule has 0 radical (unpaired) electrons. The molecular weight excluding hydrogens is 489 g/mol. The smallest absolute Gasteiger partial charge is 0.243 e. The molecule has 1 fully saturated rings. The van der Waals surface area contributed by atoms with Crippen LogP contribution in [0.1, 0.15) is 24.8 Å². The fourth-order valence-electron chi connectivity index (χ4n) is 4.33. The summed E-state index contributed by atoms with van der Waals surface area (Å²) in [6, 6.07) is 18.2. The highest BCUT2D eigenvalue weighted by Gasteiger charge is 2.38. The molecule has 0 bridgehead atoms. The van der Waals surface area contributed by atoms with E-state index >= 15 is 0 Å². The van der Waals surface area contributed by atoms with E-state index in [9.17, 15) is 26.0 Å². The molecule has 0 spiro atoms. The fourth-order valence-corrected chi connectivity index (χ4v) is 6.64. The number of rotatable bonds is 8. The van der Waals surface area contributed by atoms with E-state index in [2.05, 4.69) is 0 Å². The average Bonchev–Trinajstić information content (AvgIpc) is 3.34. The molecule has 3 aromatic carbocycles. The summed E-state index contributed by atoms with van der Waals surface area (Å²) in [5.41, 5.74) is 2.68. The van der Waals surface area contributed by atoms with Crippen LogP contribution >= 0.6 is 0 Å². The van der Waals surface area contributed by atoms with Crippen LogP contribution in [0.25, 0.3) is 11.1 Å². The zero-order valence-corrected chi connectivity index (χ0v) is 20.9. The molecule has 0 amide bonds. The van der Waals surface area contributed by atoms with Gasteiger partial charge in [0.2, 0.25) is 10.0 Å². The van der Waals surface area contributed by atoms with E-state index in [0.717, 1.165) is 35.1 Å². The van der Waals surface area contributed by atoms with Crippen LogP contribution in [0.5, 0.6) is 0 Å². The second kappa shape index (κ2) is 10.0. The second-order valence-electron chi connectivity index (χ2n) is 8.69. The van der Waals surface area contributed by atoms with E-state index in [-0.39, 0.29) is 28.5 Å². The van der Waals surface area contributed by atoms with Crippen LogP contribution in [0.3, 0.4) is 0 Å². The molecule has 9 heteroatoms. The van der Waals surface area contributed by atoms with Gasteiger partial charge in [0.25, 0.3) is 0 Å². The minimum atomic E-state index is -3.89. The van der Waals surface area contributed by atoms with Crippen molar-refractivity contribution in [3.05, 3.63) is 84.2 Å². The predicted octanol–water partition coefficient (Wildman–Crippen LogP) is 4.25. The van der Waals surface area contributed by atoms with Gasteiger partial charge in [-0.15, -0.1) is 0 Å². The lowest BCUT2D eigenvalue weighted by Gasteiger charge is -2.23. The molecule has 1 aliphatic heterocycles. The van der Waals surface area contributed by atoms with Gasteiger partial charge in [-0.05, 0) is 72.4 Å². The lowest BCUT2D eigenvalue weighted by molar-refractivity contribution is -0.122. The number of sulfonamides is 1. The topological polar surface area (TPSA) is 88.6 Å². The second-order valence-corrected chi connectivity index (χ2v) is 12.6. The largest absolute Gasteiger partial charge is 0.298 e. The maximum atomic E-state index is 13.2. The van der Waals surface area contributed by atoms with Crippen molar-refractivity contribution in [3.8, 4) is 11.1 Å². The van der Waals surface area contributed by atoms with Crippen molar-refractivity contribution in [1.29, 1.82) is 0 Å². The van der Waals surface area contributed by atoms with Crippen LogP contribution in [0.2, 0.25) is 0 Å². The quantitative estimate of drug-likeness (QED) is 0.448. The number of hydrogen-bond donors (Lipinski definition) is 0. The van der Waals surface area contributed by atoms with Crippen molar-refractivity contribution in [2.75, 3.05) is 12.8 Å². The summed E-state index contributed by atoms with van der Waals surface area (Å²) in [6.45, 7) is 0.259. The van der Waals surface area contributed by atoms with Gasteiger partial charge >= 0.3 is 0 Å². The highest BCUT2D eigenvalue weighted by molar-refractivity contribution is 7.90. The molecule has 0 aromatic heterocycles. The Kier molecular flexibility index (Phi) is 7.21. The Morgan fingerprint density at radius 2 is 1.57 bits per heavy atom. The Morgan fingerprint density at radius 3 is 2.23 bits per heavy atom. The summed E-state index contributed by atoms with van der Waals surface area (Å²) in [7, 11) is -7.16. The van der Waals surface area contributed by atoms with Crippen LogP contribution in [-0.2, 0) is 31.1 Å². The third-order valence-corrected chi connectivity index (χ3v) is 9.25. The summed E-state index contributed by atoms with van der Waals surface area (Å²) >= 11 is 0. The van der Waals surface area contributed by atoms with Crippen LogP contribution in [0.4, 0.5) is 4.39 Å². The van der Waals surface area contributed by atoms with Crippen molar-refractivity contribution < 1.29 is 26.0 Å². The van der Waals surface area contributed by atoms with Crippen molar-refractivity contribution >= 4 is 25.6 Å². The third kappa shape index (κ3) is 5.69. The molecule has 1 atom stereocenters. The molecule has 6 nitrogen and oxygen atoms in total. The number of nitrogens with zero attached hydrogens (tertiary/aromatic N) is 1. The number of aryl methyl sites for hydroxylation is 1. The molecule has 4 rings (SSSR count). The molecular formula is C26H26FNO5S2. The first kappa shape index (κ1) is 25.2. The number of benzene rings is 3. The Balaban J connectivity index is 1.45. The number of halogens is 1. The van der Waals surface area contributed by atoms with Gasteiger partial charge in [0.05, 0.1) is 15.8 Å². The lowest BCUT2D eigenvalue weighted by atomic mass is 9.98. The molecule has 1 heterocycles. The van der Waals surface area contributed by atoms with E-state index in [4.69, 9.17) is 0 Å². The molecule has 0 aliphatic carbocycles. The van der Waals surface area contributed by atoms with Gasteiger partial charge in [-0.2, -0.15) is 4.31 Å². The van der Waals surface area contributed by atoms with E-state index in [1.165, 1.54) is 16.4 Å².